The van der Waals surface area contributed by atoms with Gasteiger partial charge in [0.25, 0.3) is 0 Å². The highest BCUT2D eigenvalue weighted by Gasteiger charge is 2.42. The number of rotatable bonds is 7. The van der Waals surface area contributed by atoms with E-state index < -0.39 is 11.6 Å². The number of nitrogens with one attached hydrogen (secondary N) is 1. The average Bonchev–Trinajstić information content (AvgIpc) is 3.16. The zero-order valence-corrected chi connectivity index (χ0v) is 21.7. The van der Waals surface area contributed by atoms with Gasteiger partial charge in [-0.3, -0.25) is 9.59 Å². The zero-order valence-electron chi connectivity index (χ0n) is 20.1. The first-order valence-electron chi connectivity index (χ1n) is 11.9. The molecule has 184 valence electrons. The third-order valence-electron chi connectivity index (χ3n) is 7.08. The van der Waals surface area contributed by atoms with Gasteiger partial charge < -0.3 is 16.0 Å². The molecule has 1 spiro atoms. The van der Waals surface area contributed by atoms with Gasteiger partial charge in [0, 0.05) is 24.6 Å². The second-order valence-corrected chi connectivity index (χ2v) is 11.0. The van der Waals surface area contributed by atoms with E-state index in [1.54, 1.807) is 25.6 Å². The Bertz CT molecular complexity index is 985. The molecule has 2 aliphatic rings. The number of benzene rings is 2. The summed E-state index contributed by atoms with van der Waals surface area (Å²) in [4.78, 5) is 28.1. The normalized spacial score (nSPS) is 17.6. The standard InChI is InChI=1S/C27H35N3O2S.ClH/c1-26(2,28)25(32)29-23(19-33-18-20-8-4-3-5-9-20)24(31)30-16-14-27(15-17-30)13-12-21-10-6-7-11-22(21)27;/h3-11,23H,12-19,28H2,1-2H3,(H,29,32);1H/t23-;/m1./s1. The molecule has 2 amide bonds. The molecule has 4 rings (SSSR count). The molecule has 1 saturated heterocycles. The Balaban J connectivity index is 0.00000324. The Morgan fingerprint density at radius 2 is 1.71 bits per heavy atom. The number of nitrogens with two attached hydrogens (primary N) is 1. The number of hydrogen-bond acceptors (Lipinski definition) is 4. The van der Waals surface area contributed by atoms with Gasteiger partial charge in [0.2, 0.25) is 11.8 Å². The molecule has 1 heterocycles. The number of carbonyl (C=O) groups is 2. The van der Waals surface area contributed by atoms with Crippen LogP contribution in [0.3, 0.4) is 0 Å². The van der Waals surface area contributed by atoms with Crippen LogP contribution in [0.4, 0.5) is 0 Å². The van der Waals surface area contributed by atoms with Crippen LogP contribution in [0, 0.1) is 0 Å². The van der Waals surface area contributed by atoms with Gasteiger partial charge in [-0.1, -0.05) is 54.6 Å². The molecule has 1 aliphatic carbocycles. The quantitative estimate of drug-likeness (QED) is 0.599. The van der Waals surface area contributed by atoms with Gasteiger partial charge in [0.05, 0.1) is 5.54 Å². The van der Waals surface area contributed by atoms with Crippen molar-refractivity contribution in [2.75, 3.05) is 18.8 Å². The number of amides is 2. The summed E-state index contributed by atoms with van der Waals surface area (Å²) in [5.74, 6) is 1.04. The molecular formula is C27H36ClN3O2S. The lowest BCUT2D eigenvalue weighted by atomic mass is 9.74. The van der Waals surface area contributed by atoms with E-state index in [9.17, 15) is 9.59 Å². The third-order valence-corrected chi connectivity index (χ3v) is 8.19. The average molecular weight is 502 g/mol. The van der Waals surface area contributed by atoms with Gasteiger partial charge in [-0.05, 0) is 61.6 Å². The number of fused-ring (bicyclic) bond motifs is 2. The maximum atomic E-state index is 13.5. The van der Waals surface area contributed by atoms with E-state index in [2.05, 4.69) is 41.7 Å². The highest BCUT2D eigenvalue weighted by Crippen LogP contribution is 2.46. The summed E-state index contributed by atoms with van der Waals surface area (Å²) in [7, 11) is 0. The summed E-state index contributed by atoms with van der Waals surface area (Å²) in [5, 5.41) is 2.94. The molecule has 1 fully saturated rings. The van der Waals surface area contributed by atoms with E-state index in [-0.39, 0.29) is 29.6 Å². The largest absolute Gasteiger partial charge is 0.342 e. The number of halogens is 1. The molecule has 34 heavy (non-hydrogen) atoms. The molecular weight excluding hydrogens is 466 g/mol. The van der Waals surface area contributed by atoms with Crippen LogP contribution >= 0.6 is 24.2 Å². The summed E-state index contributed by atoms with van der Waals surface area (Å²) in [5.41, 5.74) is 9.33. The van der Waals surface area contributed by atoms with Crippen molar-refractivity contribution < 1.29 is 9.59 Å². The van der Waals surface area contributed by atoms with Crippen LogP contribution in [0.1, 0.15) is 49.8 Å². The van der Waals surface area contributed by atoms with Gasteiger partial charge in [0.15, 0.2) is 0 Å². The smallest absolute Gasteiger partial charge is 0.246 e. The molecule has 5 nitrogen and oxygen atoms in total. The number of aryl methyl sites for hydroxylation is 1. The van der Waals surface area contributed by atoms with Crippen molar-refractivity contribution in [2.45, 2.75) is 62.3 Å². The number of hydrogen-bond donors (Lipinski definition) is 2. The molecule has 3 N–H and O–H groups in total. The second-order valence-electron chi connectivity index (χ2n) is 10.0. The van der Waals surface area contributed by atoms with Gasteiger partial charge in [-0.25, -0.2) is 0 Å². The first-order chi connectivity index (χ1) is 15.8. The first-order valence-corrected chi connectivity index (χ1v) is 13.0. The van der Waals surface area contributed by atoms with Crippen LogP contribution in [-0.2, 0) is 27.2 Å². The van der Waals surface area contributed by atoms with Crippen molar-refractivity contribution in [3.63, 3.8) is 0 Å². The monoisotopic (exact) mass is 501 g/mol. The van der Waals surface area contributed by atoms with Crippen LogP contribution in [0.15, 0.2) is 54.6 Å². The predicted octanol–water partition coefficient (Wildman–Crippen LogP) is 4.07. The minimum atomic E-state index is -1.03. The minimum Gasteiger partial charge on any atom is -0.342 e. The molecule has 1 atom stereocenters. The SMILES string of the molecule is CC(C)(N)C(=O)N[C@H](CSCc1ccccc1)C(=O)N1CCC2(CCc3ccccc32)CC1.Cl. The van der Waals surface area contributed by atoms with Crippen molar-refractivity contribution in [3.05, 3.63) is 71.3 Å². The number of piperidine rings is 1. The van der Waals surface area contributed by atoms with Crippen LogP contribution in [0.25, 0.3) is 0 Å². The van der Waals surface area contributed by atoms with Crippen LogP contribution in [0.2, 0.25) is 0 Å². The van der Waals surface area contributed by atoms with Crippen molar-refractivity contribution in [1.82, 2.24) is 10.2 Å². The van der Waals surface area contributed by atoms with E-state index in [0.29, 0.717) is 5.75 Å². The number of likely N-dealkylation sites (tertiary alicyclic amines) is 1. The molecule has 0 saturated carbocycles. The Kier molecular flexibility index (Phi) is 8.72. The molecule has 0 bridgehead atoms. The molecule has 1 aliphatic heterocycles. The Morgan fingerprint density at radius 3 is 2.38 bits per heavy atom. The minimum absolute atomic E-state index is 0. The summed E-state index contributed by atoms with van der Waals surface area (Å²) in [6.07, 6.45) is 4.26. The fourth-order valence-corrected chi connectivity index (χ4v) is 6.05. The Hall–Kier alpha value is -2.02. The molecule has 2 aromatic rings. The highest BCUT2D eigenvalue weighted by atomic mass is 35.5. The fraction of sp³-hybridized carbons (Fsp3) is 0.481. The molecule has 0 radical (unpaired) electrons. The summed E-state index contributed by atoms with van der Waals surface area (Å²) < 4.78 is 0. The molecule has 0 aromatic heterocycles. The lowest BCUT2D eigenvalue weighted by Crippen LogP contribution is -2.58. The Labute approximate surface area is 213 Å². The van der Waals surface area contributed by atoms with Crippen molar-refractivity contribution >= 4 is 36.0 Å². The number of nitrogens with zero attached hydrogens (tertiary/aromatic N) is 1. The highest BCUT2D eigenvalue weighted by molar-refractivity contribution is 7.98. The molecule has 2 aromatic carbocycles. The van der Waals surface area contributed by atoms with E-state index in [0.717, 1.165) is 38.1 Å². The van der Waals surface area contributed by atoms with E-state index in [1.165, 1.54) is 23.1 Å². The van der Waals surface area contributed by atoms with E-state index in [1.807, 2.05) is 23.1 Å². The zero-order chi connectivity index (χ0) is 23.5. The maximum Gasteiger partial charge on any atom is 0.246 e. The van der Waals surface area contributed by atoms with E-state index >= 15 is 0 Å². The number of thioether (sulfide) groups is 1. The summed E-state index contributed by atoms with van der Waals surface area (Å²) in [6, 6.07) is 18.4. The predicted molar refractivity (Wildman–Crippen MR) is 142 cm³/mol. The van der Waals surface area contributed by atoms with E-state index in [4.69, 9.17) is 5.73 Å². The van der Waals surface area contributed by atoms with Gasteiger partial charge in [-0.15, -0.1) is 12.4 Å². The lowest BCUT2D eigenvalue weighted by Gasteiger charge is -2.41. The Morgan fingerprint density at radius 1 is 1.06 bits per heavy atom. The molecule has 0 unspecified atom stereocenters. The topological polar surface area (TPSA) is 75.4 Å². The lowest BCUT2D eigenvalue weighted by molar-refractivity contribution is -0.138. The molecule has 7 heteroatoms. The van der Waals surface area contributed by atoms with Crippen LogP contribution < -0.4 is 11.1 Å². The van der Waals surface area contributed by atoms with Gasteiger partial charge in [-0.2, -0.15) is 11.8 Å². The second kappa shape index (κ2) is 11.1. The van der Waals surface area contributed by atoms with Gasteiger partial charge in [0.1, 0.15) is 6.04 Å². The van der Waals surface area contributed by atoms with Crippen LogP contribution in [-0.4, -0.2) is 47.1 Å². The van der Waals surface area contributed by atoms with Gasteiger partial charge >= 0.3 is 0 Å². The van der Waals surface area contributed by atoms with Crippen molar-refractivity contribution in [1.29, 1.82) is 0 Å². The van der Waals surface area contributed by atoms with Crippen molar-refractivity contribution in [3.8, 4) is 0 Å². The van der Waals surface area contributed by atoms with Crippen molar-refractivity contribution in [2.24, 2.45) is 5.73 Å². The van der Waals surface area contributed by atoms with Crippen LogP contribution in [0.5, 0.6) is 0 Å². The summed E-state index contributed by atoms with van der Waals surface area (Å²) in [6.45, 7) is 4.80. The first kappa shape index (κ1) is 26.6. The summed E-state index contributed by atoms with van der Waals surface area (Å²) >= 11 is 1.67. The number of carbonyl (C=O) groups excluding carboxylic acids is 2. The maximum absolute atomic E-state index is 13.5. The third kappa shape index (κ3) is 5.96. The fourth-order valence-electron chi connectivity index (χ4n) is 5.05.